The number of amides is 1. The SMILES string of the molecule is O=C(CC1(O)C(=O)N(Cc2ccc(Cl)cc2)c2ccccc21)c1cccc2ccccc12. The average molecular weight is 442 g/mol. The van der Waals surface area contributed by atoms with Crippen LogP contribution in [0, 0.1) is 0 Å². The van der Waals surface area contributed by atoms with Gasteiger partial charge < -0.3 is 10.0 Å². The lowest BCUT2D eigenvalue weighted by Crippen LogP contribution is -2.41. The highest BCUT2D eigenvalue weighted by Gasteiger charge is 2.50. The van der Waals surface area contributed by atoms with Gasteiger partial charge in [-0.25, -0.2) is 0 Å². The Hall–Kier alpha value is -3.47. The summed E-state index contributed by atoms with van der Waals surface area (Å²) in [6.45, 7) is 0.276. The number of ketones is 1. The van der Waals surface area contributed by atoms with Crippen LogP contribution in [-0.4, -0.2) is 16.8 Å². The molecule has 4 aromatic rings. The highest BCUT2D eigenvalue weighted by molar-refractivity contribution is 6.30. The van der Waals surface area contributed by atoms with E-state index in [9.17, 15) is 14.7 Å². The van der Waals surface area contributed by atoms with E-state index in [2.05, 4.69) is 0 Å². The van der Waals surface area contributed by atoms with Gasteiger partial charge in [0.15, 0.2) is 11.4 Å². The molecule has 0 fully saturated rings. The maximum absolute atomic E-state index is 13.5. The molecule has 1 unspecified atom stereocenters. The molecule has 4 aromatic carbocycles. The molecule has 1 aliphatic heterocycles. The van der Waals surface area contributed by atoms with Crippen LogP contribution < -0.4 is 4.90 Å². The van der Waals surface area contributed by atoms with Crippen LogP contribution >= 0.6 is 11.6 Å². The minimum Gasteiger partial charge on any atom is -0.375 e. The molecule has 4 nitrogen and oxygen atoms in total. The topological polar surface area (TPSA) is 57.6 Å². The number of aliphatic hydroxyl groups is 1. The minimum absolute atomic E-state index is 0.276. The highest BCUT2D eigenvalue weighted by Crippen LogP contribution is 2.43. The van der Waals surface area contributed by atoms with Crippen molar-refractivity contribution >= 4 is 39.8 Å². The van der Waals surface area contributed by atoms with Gasteiger partial charge in [0.1, 0.15) is 0 Å². The zero-order valence-electron chi connectivity index (χ0n) is 17.2. The summed E-state index contributed by atoms with van der Waals surface area (Å²) in [6.07, 6.45) is -0.325. The maximum atomic E-state index is 13.5. The number of para-hydroxylation sites is 1. The molecule has 0 saturated carbocycles. The highest BCUT2D eigenvalue weighted by atomic mass is 35.5. The Balaban J connectivity index is 1.51. The summed E-state index contributed by atoms with van der Waals surface area (Å²) in [7, 11) is 0. The molecule has 1 heterocycles. The standard InChI is InChI=1S/C27H20ClNO3/c28-20-14-12-18(13-15-20)17-29-24-11-4-3-10-23(24)27(32,26(29)31)16-25(30)22-9-5-7-19-6-1-2-8-21(19)22/h1-15,32H,16-17H2. The Morgan fingerprint density at radius 3 is 2.38 bits per heavy atom. The van der Waals surface area contributed by atoms with Gasteiger partial charge in [0.25, 0.3) is 5.91 Å². The van der Waals surface area contributed by atoms with E-state index < -0.39 is 11.5 Å². The van der Waals surface area contributed by atoms with Crippen molar-refractivity contribution in [1.82, 2.24) is 0 Å². The molecule has 5 rings (SSSR count). The number of Topliss-reactive ketones (excluding diaryl/α,β-unsaturated/α-hetero) is 1. The molecule has 1 aliphatic rings. The number of hydrogen-bond acceptors (Lipinski definition) is 3. The summed E-state index contributed by atoms with van der Waals surface area (Å²) in [5.74, 6) is -0.775. The Bertz CT molecular complexity index is 1340. The fraction of sp³-hybridized carbons (Fsp3) is 0.111. The van der Waals surface area contributed by atoms with Crippen molar-refractivity contribution < 1.29 is 14.7 Å². The first kappa shape index (κ1) is 20.4. The zero-order valence-corrected chi connectivity index (χ0v) is 17.9. The predicted octanol–water partition coefficient (Wildman–Crippen LogP) is 5.50. The molecule has 5 heteroatoms. The van der Waals surface area contributed by atoms with Crippen molar-refractivity contribution in [2.24, 2.45) is 0 Å². The molecular formula is C27H20ClNO3. The van der Waals surface area contributed by atoms with Crippen LogP contribution in [0.25, 0.3) is 10.8 Å². The molecule has 1 N–H and O–H groups in total. The molecule has 0 spiro atoms. The third-order valence-electron chi connectivity index (χ3n) is 6.00. The second-order valence-corrected chi connectivity index (χ2v) is 8.46. The number of carbonyl (C=O) groups excluding carboxylic acids is 2. The van der Waals surface area contributed by atoms with E-state index in [4.69, 9.17) is 11.6 Å². The van der Waals surface area contributed by atoms with Gasteiger partial charge in [0.05, 0.1) is 18.7 Å². The molecule has 0 bridgehead atoms. The number of benzene rings is 4. The second-order valence-electron chi connectivity index (χ2n) is 8.02. The summed E-state index contributed by atoms with van der Waals surface area (Å²) in [5, 5.41) is 13.9. The van der Waals surface area contributed by atoms with Gasteiger partial charge in [0.2, 0.25) is 0 Å². The van der Waals surface area contributed by atoms with E-state index in [1.165, 1.54) is 4.90 Å². The third-order valence-corrected chi connectivity index (χ3v) is 6.25. The first-order valence-electron chi connectivity index (χ1n) is 10.4. The fourth-order valence-corrected chi connectivity index (χ4v) is 4.53. The number of anilines is 1. The van der Waals surface area contributed by atoms with Crippen LogP contribution in [0.2, 0.25) is 5.02 Å². The predicted molar refractivity (Wildman–Crippen MR) is 126 cm³/mol. The summed E-state index contributed by atoms with van der Waals surface area (Å²) in [4.78, 5) is 28.4. The summed E-state index contributed by atoms with van der Waals surface area (Å²) in [6, 6.07) is 27.4. The first-order valence-corrected chi connectivity index (χ1v) is 10.7. The number of halogens is 1. The van der Waals surface area contributed by atoms with Crippen LogP contribution in [0.15, 0.2) is 91.0 Å². The van der Waals surface area contributed by atoms with Crippen molar-refractivity contribution in [2.75, 3.05) is 4.90 Å². The van der Waals surface area contributed by atoms with Crippen molar-refractivity contribution in [1.29, 1.82) is 0 Å². The van der Waals surface area contributed by atoms with Gasteiger partial charge in [-0.1, -0.05) is 84.4 Å². The lowest BCUT2D eigenvalue weighted by Gasteiger charge is -2.23. The third kappa shape index (κ3) is 3.38. The largest absolute Gasteiger partial charge is 0.375 e. The Kier molecular flexibility index (Phi) is 5.04. The second kappa shape index (κ2) is 7.90. The van der Waals surface area contributed by atoms with E-state index in [1.807, 2.05) is 54.6 Å². The summed E-state index contributed by atoms with van der Waals surface area (Å²) < 4.78 is 0. The van der Waals surface area contributed by atoms with E-state index in [-0.39, 0.29) is 18.7 Å². The van der Waals surface area contributed by atoms with E-state index >= 15 is 0 Å². The smallest absolute Gasteiger partial charge is 0.264 e. The monoisotopic (exact) mass is 441 g/mol. The lowest BCUT2D eigenvalue weighted by molar-refractivity contribution is -0.136. The molecule has 0 aliphatic carbocycles. The van der Waals surface area contributed by atoms with Gasteiger partial charge in [-0.3, -0.25) is 9.59 Å². The van der Waals surface area contributed by atoms with Crippen LogP contribution in [-0.2, 0) is 16.9 Å². The lowest BCUT2D eigenvalue weighted by atomic mass is 9.87. The van der Waals surface area contributed by atoms with Crippen molar-refractivity contribution in [3.63, 3.8) is 0 Å². The number of nitrogens with zero attached hydrogens (tertiary/aromatic N) is 1. The van der Waals surface area contributed by atoms with E-state index in [0.717, 1.165) is 16.3 Å². The molecule has 0 aromatic heterocycles. The van der Waals surface area contributed by atoms with E-state index in [0.29, 0.717) is 21.8 Å². The number of carbonyl (C=O) groups is 2. The molecule has 1 amide bonds. The number of fused-ring (bicyclic) bond motifs is 2. The van der Waals surface area contributed by atoms with Crippen molar-refractivity contribution in [2.45, 2.75) is 18.6 Å². The fourth-order valence-electron chi connectivity index (χ4n) is 4.40. The molecular weight excluding hydrogens is 422 g/mol. The van der Waals surface area contributed by atoms with Gasteiger partial charge in [0, 0.05) is 16.1 Å². The molecule has 1 atom stereocenters. The van der Waals surface area contributed by atoms with Crippen LogP contribution in [0.4, 0.5) is 5.69 Å². The molecule has 158 valence electrons. The molecule has 32 heavy (non-hydrogen) atoms. The average Bonchev–Trinajstić information content (AvgIpc) is 3.02. The van der Waals surface area contributed by atoms with Gasteiger partial charge in [-0.05, 0) is 34.5 Å². The van der Waals surface area contributed by atoms with Gasteiger partial charge >= 0.3 is 0 Å². The van der Waals surface area contributed by atoms with Gasteiger partial charge in [-0.2, -0.15) is 0 Å². The Labute approximate surface area is 190 Å². The molecule has 0 radical (unpaired) electrons. The minimum atomic E-state index is -1.92. The van der Waals surface area contributed by atoms with E-state index in [1.54, 1.807) is 36.4 Å². The first-order chi connectivity index (χ1) is 15.5. The Morgan fingerprint density at radius 2 is 1.56 bits per heavy atom. The summed E-state index contributed by atoms with van der Waals surface area (Å²) >= 11 is 5.98. The van der Waals surface area contributed by atoms with Crippen molar-refractivity contribution in [3.8, 4) is 0 Å². The van der Waals surface area contributed by atoms with Crippen LogP contribution in [0.3, 0.4) is 0 Å². The maximum Gasteiger partial charge on any atom is 0.264 e. The summed E-state index contributed by atoms with van der Waals surface area (Å²) in [5.41, 5.74) is 0.519. The van der Waals surface area contributed by atoms with Crippen LogP contribution in [0.1, 0.15) is 27.9 Å². The van der Waals surface area contributed by atoms with Crippen LogP contribution in [0.5, 0.6) is 0 Å². The number of hydrogen-bond donors (Lipinski definition) is 1. The zero-order chi connectivity index (χ0) is 22.3. The normalized spacial score (nSPS) is 17.6. The van der Waals surface area contributed by atoms with Gasteiger partial charge in [-0.15, -0.1) is 0 Å². The quantitative estimate of drug-likeness (QED) is 0.416. The Morgan fingerprint density at radius 1 is 0.875 bits per heavy atom. The molecule has 0 saturated heterocycles. The van der Waals surface area contributed by atoms with Crippen molar-refractivity contribution in [3.05, 3.63) is 113 Å². The number of rotatable bonds is 5.